The van der Waals surface area contributed by atoms with Crippen LogP contribution in [0.2, 0.25) is 0 Å². The van der Waals surface area contributed by atoms with Crippen molar-refractivity contribution in [3.8, 4) is 0 Å². The molecule has 0 aliphatic carbocycles. The van der Waals surface area contributed by atoms with Gasteiger partial charge in [0.05, 0.1) is 21.1 Å². The maximum Gasteiger partial charge on any atom is 0.362 e. The smallest absolute Gasteiger partial charge is 0.362 e. The van der Waals surface area contributed by atoms with Gasteiger partial charge in [0.25, 0.3) is 0 Å². The van der Waals surface area contributed by atoms with E-state index < -0.39 is 12.9 Å². The Morgan fingerprint density at radius 2 is 1.10 bits per heavy atom. The lowest BCUT2D eigenvalue weighted by Crippen LogP contribution is -2.49. The van der Waals surface area contributed by atoms with E-state index in [-0.39, 0.29) is 13.0 Å². The molecule has 3 N–H and O–H groups in total. The van der Waals surface area contributed by atoms with Crippen molar-refractivity contribution in [1.82, 2.24) is 0 Å². The van der Waals surface area contributed by atoms with Crippen molar-refractivity contribution in [3.05, 3.63) is 24.3 Å². The minimum atomic E-state index is -4.56. The number of aliphatic hydroxyl groups is 1. The van der Waals surface area contributed by atoms with Crippen molar-refractivity contribution in [2.24, 2.45) is 0 Å². The second-order valence-corrected chi connectivity index (χ2v) is 11.9. The summed E-state index contributed by atoms with van der Waals surface area (Å²) >= 11 is 0. The standard InChI is InChI=1S/C25H50NO4P/c1-5-6-7-8-9-10-11-12-13-14-15-16-17-18-19-20-21-22-23-25(27,31(28,29)30)24-26(2,3)4/h8-9,19-20,27H,5-7,10-18,21-24H2,1-4H3,(H-,28,29,30)/p+1/b9-8-,20-19-. The minimum Gasteiger partial charge on any atom is -0.373 e. The number of hydrogen-bond acceptors (Lipinski definition) is 2. The zero-order valence-electron chi connectivity index (χ0n) is 20.8. The summed E-state index contributed by atoms with van der Waals surface area (Å²) < 4.78 is 12.1. The number of quaternary nitrogens is 1. The van der Waals surface area contributed by atoms with E-state index in [1.165, 1.54) is 70.6 Å². The summed E-state index contributed by atoms with van der Waals surface area (Å²) in [6.45, 7) is 2.27. The number of nitrogens with zero attached hydrogens (tertiary/aromatic N) is 1. The number of hydrogen-bond donors (Lipinski definition) is 3. The zero-order chi connectivity index (χ0) is 23.6. The summed E-state index contributed by atoms with van der Waals surface area (Å²) in [5, 5.41) is 8.57. The van der Waals surface area contributed by atoms with Crippen LogP contribution in [0, 0.1) is 0 Å². The molecular weight excluding hydrogens is 409 g/mol. The molecule has 184 valence electrons. The highest BCUT2D eigenvalue weighted by Gasteiger charge is 2.48. The molecule has 0 saturated heterocycles. The van der Waals surface area contributed by atoms with E-state index in [1.54, 1.807) is 0 Å². The van der Waals surface area contributed by atoms with Crippen molar-refractivity contribution in [1.29, 1.82) is 0 Å². The van der Waals surface area contributed by atoms with Crippen molar-refractivity contribution < 1.29 is 23.9 Å². The van der Waals surface area contributed by atoms with E-state index in [2.05, 4.69) is 31.2 Å². The highest BCUT2D eigenvalue weighted by Crippen LogP contribution is 2.52. The molecule has 0 aromatic heterocycles. The fraction of sp³-hybridized carbons (Fsp3) is 0.840. The Hall–Kier alpha value is -0.450. The molecule has 0 radical (unpaired) electrons. The Morgan fingerprint density at radius 3 is 1.48 bits per heavy atom. The van der Waals surface area contributed by atoms with Gasteiger partial charge in [-0.15, -0.1) is 0 Å². The topological polar surface area (TPSA) is 77.8 Å². The average Bonchev–Trinajstić information content (AvgIpc) is 2.65. The SMILES string of the molecule is CCCC/C=C\CCCCCCCCC/C=C\CCCC(O)(C[N+](C)(C)C)P(=O)(O)O. The van der Waals surface area contributed by atoms with Gasteiger partial charge in [0.2, 0.25) is 5.34 Å². The average molecular weight is 461 g/mol. The van der Waals surface area contributed by atoms with Gasteiger partial charge in [0.15, 0.2) is 0 Å². The van der Waals surface area contributed by atoms with Crippen LogP contribution in [-0.2, 0) is 4.57 Å². The molecule has 0 heterocycles. The largest absolute Gasteiger partial charge is 0.373 e. The highest BCUT2D eigenvalue weighted by atomic mass is 31.2. The Labute approximate surface area is 192 Å². The molecule has 0 rings (SSSR count). The molecule has 0 amide bonds. The van der Waals surface area contributed by atoms with Crippen molar-refractivity contribution >= 4 is 7.60 Å². The van der Waals surface area contributed by atoms with E-state index in [9.17, 15) is 19.5 Å². The molecular formula is C25H51NO4P+. The van der Waals surface area contributed by atoms with Crippen molar-refractivity contribution in [3.63, 3.8) is 0 Å². The molecule has 6 heteroatoms. The molecule has 0 saturated carbocycles. The summed E-state index contributed by atoms with van der Waals surface area (Å²) in [6.07, 6.45) is 25.6. The first-order valence-electron chi connectivity index (χ1n) is 12.4. The van der Waals surface area contributed by atoms with E-state index in [1.807, 2.05) is 21.1 Å². The molecule has 0 fully saturated rings. The zero-order valence-corrected chi connectivity index (χ0v) is 21.7. The van der Waals surface area contributed by atoms with Crippen LogP contribution in [0.25, 0.3) is 0 Å². The predicted octanol–water partition coefficient (Wildman–Crippen LogP) is 6.54. The molecule has 1 unspecified atom stereocenters. The predicted molar refractivity (Wildman–Crippen MR) is 133 cm³/mol. The quantitative estimate of drug-likeness (QED) is 0.0834. The first-order chi connectivity index (χ1) is 14.5. The van der Waals surface area contributed by atoms with E-state index in [0.717, 1.165) is 12.8 Å². The Kier molecular flexibility index (Phi) is 16.8. The molecule has 0 aliphatic rings. The van der Waals surface area contributed by atoms with Gasteiger partial charge in [0, 0.05) is 0 Å². The molecule has 0 bridgehead atoms. The fourth-order valence-corrected chi connectivity index (χ4v) is 4.84. The third-order valence-electron chi connectivity index (χ3n) is 5.52. The third-order valence-corrected chi connectivity index (χ3v) is 6.97. The van der Waals surface area contributed by atoms with Gasteiger partial charge >= 0.3 is 7.60 Å². The first kappa shape index (κ1) is 30.6. The van der Waals surface area contributed by atoms with Gasteiger partial charge in [-0.1, -0.05) is 76.2 Å². The molecule has 31 heavy (non-hydrogen) atoms. The molecule has 0 aliphatic heterocycles. The summed E-state index contributed by atoms with van der Waals surface area (Å²) in [4.78, 5) is 19.1. The lowest BCUT2D eigenvalue weighted by atomic mass is 10.1. The van der Waals surface area contributed by atoms with Gasteiger partial charge in [0.1, 0.15) is 6.54 Å². The second-order valence-electron chi connectivity index (χ2n) is 10.0. The number of rotatable bonds is 20. The van der Waals surface area contributed by atoms with Gasteiger partial charge in [-0.2, -0.15) is 0 Å². The van der Waals surface area contributed by atoms with Crippen LogP contribution in [-0.4, -0.2) is 52.4 Å². The van der Waals surface area contributed by atoms with Crippen LogP contribution in [0.4, 0.5) is 0 Å². The van der Waals surface area contributed by atoms with Crippen LogP contribution >= 0.6 is 7.60 Å². The first-order valence-corrected chi connectivity index (χ1v) is 14.0. The Morgan fingerprint density at radius 1 is 0.710 bits per heavy atom. The Bertz CT molecular complexity index is 536. The van der Waals surface area contributed by atoms with Gasteiger partial charge in [-0.3, -0.25) is 4.57 Å². The molecule has 0 spiro atoms. The maximum atomic E-state index is 11.8. The lowest BCUT2D eigenvalue weighted by Gasteiger charge is -2.35. The Balaban J connectivity index is 3.71. The molecule has 0 aromatic carbocycles. The highest BCUT2D eigenvalue weighted by molar-refractivity contribution is 7.53. The minimum absolute atomic E-state index is 0.0383. The monoisotopic (exact) mass is 460 g/mol. The van der Waals surface area contributed by atoms with E-state index in [0.29, 0.717) is 10.9 Å². The van der Waals surface area contributed by atoms with Gasteiger partial charge in [-0.25, -0.2) is 0 Å². The summed E-state index contributed by atoms with van der Waals surface area (Å²) in [7, 11) is 0.916. The van der Waals surface area contributed by atoms with Gasteiger partial charge < -0.3 is 19.4 Å². The molecule has 1 atom stereocenters. The normalized spacial score (nSPS) is 15.2. The molecule has 0 aromatic rings. The fourth-order valence-electron chi connectivity index (χ4n) is 3.78. The van der Waals surface area contributed by atoms with Crippen LogP contribution in [0.5, 0.6) is 0 Å². The van der Waals surface area contributed by atoms with Crippen LogP contribution in [0.1, 0.15) is 103 Å². The van der Waals surface area contributed by atoms with Gasteiger partial charge in [-0.05, 0) is 51.4 Å². The van der Waals surface area contributed by atoms with E-state index in [4.69, 9.17) is 0 Å². The van der Waals surface area contributed by atoms with Crippen LogP contribution in [0.15, 0.2) is 24.3 Å². The lowest BCUT2D eigenvalue weighted by molar-refractivity contribution is -0.875. The van der Waals surface area contributed by atoms with Crippen molar-refractivity contribution in [2.75, 3.05) is 27.7 Å². The summed E-state index contributed by atoms with van der Waals surface area (Å²) in [5.41, 5.74) is 0. The van der Waals surface area contributed by atoms with Crippen LogP contribution in [0.3, 0.4) is 0 Å². The van der Waals surface area contributed by atoms with E-state index >= 15 is 0 Å². The maximum absolute atomic E-state index is 11.8. The third kappa shape index (κ3) is 17.7. The van der Waals surface area contributed by atoms with Crippen LogP contribution < -0.4 is 0 Å². The van der Waals surface area contributed by atoms with Crippen molar-refractivity contribution in [2.45, 2.75) is 109 Å². The summed E-state index contributed by atoms with van der Waals surface area (Å²) in [5.74, 6) is 0. The number of allylic oxidation sites excluding steroid dienone is 4. The summed E-state index contributed by atoms with van der Waals surface area (Å²) in [6, 6.07) is 0. The second kappa shape index (κ2) is 17.1. The number of likely N-dealkylation sites (N-methyl/N-ethyl adjacent to an activating group) is 1. The number of unbranched alkanes of at least 4 members (excludes halogenated alkanes) is 11. The molecule has 5 nitrogen and oxygen atoms in total.